The van der Waals surface area contributed by atoms with Gasteiger partial charge in [0.05, 0.1) is 14.2 Å². The predicted octanol–water partition coefficient (Wildman–Crippen LogP) is 3.27. The summed E-state index contributed by atoms with van der Waals surface area (Å²) in [4.78, 5) is 18.7. The fourth-order valence-electron chi connectivity index (χ4n) is 3.14. The number of methoxy groups -OCH3 is 2. The maximum Gasteiger partial charge on any atom is 0.257 e. The highest BCUT2D eigenvalue weighted by molar-refractivity contribution is 5.96. The Kier molecular flexibility index (Phi) is 4.50. The van der Waals surface area contributed by atoms with E-state index in [0.717, 1.165) is 22.7 Å². The van der Waals surface area contributed by atoms with Gasteiger partial charge in [-0.25, -0.2) is 0 Å². The number of aromatic nitrogens is 2. The van der Waals surface area contributed by atoms with Gasteiger partial charge in [0.15, 0.2) is 5.82 Å². The van der Waals surface area contributed by atoms with Crippen molar-refractivity contribution in [3.05, 3.63) is 54.4 Å². The van der Waals surface area contributed by atoms with Gasteiger partial charge in [-0.05, 0) is 48.5 Å². The maximum atomic E-state index is 12.5. The number of amides is 1. The van der Waals surface area contributed by atoms with Crippen LogP contribution in [0.25, 0.3) is 11.5 Å². The van der Waals surface area contributed by atoms with Crippen LogP contribution in [-0.4, -0.2) is 36.8 Å². The molecular formula is C20H19N3O4. The molecule has 7 heteroatoms. The number of carbonyl (C=O) groups excluding carboxylic acids is 1. The molecule has 0 saturated carbocycles. The van der Waals surface area contributed by atoms with Crippen LogP contribution >= 0.6 is 0 Å². The number of ether oxygens (including phenoxy) is 2. The summed E-state index contributed by atoms with van der Waals surface area (Å²) in [6.07, 6.45) is 0.355. The Balaban J connectivity index is 1.51. The minimum Gasteiger partial charge on any atom is -0.497 e. The molecular weight excluding hydrogens is 346 g/mol. The van der Waals surface area contributed by atoms with Gasteiger partial charge in [0, 0.05) is 30.1 Å². The summed E-state index contributed by atoms with van der Waals surface area (Å²) < 4.78 is 15.7. The first-order chi connectivity index (χ1) is 13.2. The van der Waals surface area contributed by atoms with Crippen molar-refractivity contribution in [2.45, 2.75) is 12.3 Å². The van der Waals surface area contributed by atoms with Crippen molar-refractivity contribution in [3.8, 4) is 23.0 Å². The van der Waals surface area contributed by atoms with Crippen LogP contribution in [0.2, 0.25) is 0 Å². The molecule has 4 rings (SSSR count). The molecule has 27 heavy (non-hydrogen) atoms. The van der Waals surface area contributed by atoms with Crippen molar-refractivity contribution < 1.29 is 18.8 Å². The van der Waals surface area contributed by atoms with Crippen LogP contribution in [0.3, 0.4) is 0 Å². The van der Waals surface area contributed by atoms with Crippen molar-refractivity contribution in [2.75, 3.05) is 25.7 Å². The maximum absolute atomic E-state index is 12.5. The number of rotatable bonds is 5. The predicted molar refractivity (Wildman–Crippen MR) is 99.0 cm³/mol. The highest BCUT2D eigenvalue weighted by Gasteiger charge is 2.34. The zero-order chi connectivity index (χ0) is 18.8. The zero-order valence-corrected chi connectivity index (χ0v) is 15.1. The van der Waals surface area contributed by atoms with Gasteiger partial charge in [-0.15, -0.1) is 0 Å². The van der Waals surface area contributed by atoms with E-state index in [1.807, 2.05) is 48.5 Å². The van der Waals surface area contributed by atoms with Gasteiger partial charge < -0.3 is 18.9 Å². The van der Waals surface area contributed by atoms with Gasteiger partial charge in [-0.1, -0.05) is 5.16 Å². The lowest BCUT2D eigenvalue weighted by Gasteiger charge is -2.16. The first-order valence-electron chi connectivity index (χ1n) is 8.60. The van der Waals surface area contributed by atoms with Gasteiger partial charge in [0.1, 0.15) is 11.5 Å². The Labute approximate surface area is 156 Å². The lowest BCUT2D eigenvalue weighted by Crippen LogP contribution is -2.24. The molecule has 3 aromatic rings. The fourth-order valence-corrected chi connectivity index (χ4v) is 3.14. The number of nitrogens with zero attached hydrogens (tertiary/aromatic N) is 3. The quantitative estimate of drug-likeness (QED) is 0.691. The topological polar surface area (TPSA) is 77.7 Å². The first-order valence-corrected chi connectivity index (χ1v) is 8.60. The summed E-state index contributed by atoms with van der Waals surface area (Å²) in [5, 5.41) is 4.09. The molecule has 0 radical (unpaired) electrons. The van der Waals surface area contributed by atoms with Crippen LogP contribution in [0.1, 0.15) is 18.2 Å². The molecule has 1 amide bonds. The second-order valence-electron chi connectivity index (χ2n) is 6.29. The molecule has 2 heterocycles. The van der Waals surface area contributed by atoms with E-state index in [1.54, 1.807) is 19.1 Å². The molecule has 0 spiro atoms. The monoisotopic (exact) mass is 365 g/mol. The average Bonchev–Trinajstić information content (AvgIpc) is 3.35. The molecule has 1 fully saturated rings. The summed E-state index contributed by atoms with van der Waals surface area (Å²) in [5.74, 6) is 2.43. The van der Waals surface area contributed by atoms with Crippen LogP contribution < -0.4 is 14.4 Å². The van der Waals surface area contributed by atoms with E-state index in [0.29, 0.717) is 24.7 Å². The molecule has 138 valence electrons. The highest BCUT2D eigenvalue weighted by atomic mass is 16.5. The van der Waals surface area contributed by atoms with Crippen LogP contribution in [0.5, 0.6) is 11.5 Å². The van der Waals surface area contributed by atoms with Crippen molar-refractivity contribution in [1.29, 1.82) is 0 Å². The second kappa shape index (κ2) is 7.11. The highest BCUT2D eigenvalue weighted by Crippen LogP contribution is 2.32. The van der Waals surface area contributed by atoms with Crippen molar-refractivity contribution in [3.63, 3.8) is 0 Å². The largest absolute Gasteiger partial charge is 0.497 e. The van der Waals surface area contributed by atoms with Crippen LogP contribution in [0.4, 0.5) is 5.69 Å². The Morgan fingerprint density at radius 1 is 1.00 bits per heavy atom. The van der Waals surface area contributed by atoms with E-state index < -0.39 is 0 Å². The summed E-state index contributed by atoms with van der Waals surface area (Å²) in [5.41, 5.74) is 1.65. The first kappa shape index (κ1) is 17.1. The fraction of sp³-hybridized carbons (Fsp3) is 0.250. The van der Waals surface area contributed by atoms with Gasteiger partial charge in [0.2, 0.25) is 5.91 Å². The summed E-state index contributed by atoms with van der Waals surface area (Å²) in [7, 11) is 3.23. The Morgan fingerprint density at radius 2 is 1.63 bits per heavy atom. The number of hydrogen-bond donors (Lipinski definition) is 0. The minimum absolute atomic E-state index is 0.0426. The van der Waals surface area contributed by atoms with Crippen LogP contribution in [-0.2, 0) is 4.79 Å². The minimum atomic E-state index is -0.102. The van der Waals surface area contributed by atoms with Crippen LogP contribution in [0.15, 0.2) is 53.1 Å². The summed E-state index contributed by atoms with van der Waals surface area (Å²) >= 11 is 0. The van der Waals surface area contributed by atoms with Crippen molar-refractivity contribution in [1.82, 2.24) is 10.1 Å². The lowest BCUT2D eigenvalue weighted by molar-refractivity contribution is -0.117. The molecule has 0 aliphatic carbocycles. The lowest BCUT2D eigenvalue weighted by atomic mass is 10.1. The van der Waals surface area contributed by atoms with E-state index in [1.165, 1.54) is 0 Å². The summed E-state index contributed by atoms with van der Waals surface area (Å²) in [6.45, 7) is 0.521. The molecule has 1 atom stereocenters. The van der Waals surface area contributed by atoms with Crippen molar-refractivity contribution >= 4 is 11.6 Å². The molecule has 0 N–H and O–H groups in total. The third kappa shape index (κ3) is 3.36. The third-order valence-electron chi connectivity index (χ3n) is 4.65. The molecule has 1 unspecified atom stereocenters. The van der Waals surface area contributed by atoms with Gasteiger partial charge in [0.25, 0.3) is 5.89 Å². The SMILES string of the molecule is COc1ccc(-c2nc(C3CC(=O)N(c4ccc(OC)cc4)C3)no2)cc1. The molecule has 0 bridgehead atoms. The number of carbonyl (C=O) groups is 1. The van der Waals surface area contributed by atoms with E-state index in [2.05, 4.69) is 10.1 Å². The van der Waals surface area contributed by atoms with E-state index in [4.69, 9.17) is 14.0 Å². The van der Waals surface area contributed by atoms with E-state index >= 15 is 0 Å². The Hall–Kier alpha value is -3.35. The third-order valence-corrected chi connectivity index (χ3v) is 4.65. The second-order valence-corrected chi connectivity index (χ2v) is 6.29. The molecule has 1 aliphatic rings. The van der Waals surface area contributed by atoms with Crippen molar-refractivity contribution in [2.24, 2.45) is 0 Å². The Morgan fingerprint density at radius 3 is 2.26 bits per heavy atom. The van der Waals surface area contributed by atoms with Crippen LogP contribution in [0, 0.1) is 0 Å². The van der Waals surface area contributed by atoms with E-state index in [-0.39, 0.29) is 11.8 Å². The standard InChI is InChI=1S/C20H19N3O4/c1-25-16-7-3-13(4-8-16)20-21-19(22-27-20)14-11-18(24)23(12-14)15-5-9-17(26-2)10-6-15/h3-10,14H,11-12H2,1-2H3. The zero-order valence-electron chi connectivity index (χ0n) is 15.1. The molecule has 7 nitrogen and oxygen atoms in total. The normalized spacial score (nSPS) is 16.6. The van der Waals surface area contributed by atoms with E-state index in [9.17, 15) is 4.79 Å². The number of anilines is 1. The smallest absolute Gasteiger partial charge is 0.257 e. The van der Waals surface area contributed by atoms with Gasteiger partial charge in [-0.2, -0.15) is 4.98 Å². The summed E-state index contributed by atoms with van der Waals surface area (Å²) in [6, 6.07) is 14.8. The molecule has 2 aromatic carbocycles. The molecule has 1 aromatic heterocycles. The number of hydrogen-bond acceptors (Lipinski definition) is 6. The van der Waals surface area contributed by atoms with Gasteiger partial charge >= 0.3 is 0 Å². The molecule has 1 saturated heterocycles. The van der Waals surface area contributed by atoms with Gasteiger partial charge in [-0.3, -0.25) is 4.79 Å². The Bertz CT molecular complexity index is 935. The average molecular weight is 365 g/mol. The molecule has 1 aliphatic heterocycles. The number of benzene rings is 2.